The van der Waals surface area contributed by atoms with Crippen molar-refractivity contribution in [2.75, 3.05) is 26.3 Å². The van der Waals surface area contributed by atoms with Crippen LogP contribution < -0.4 is 5.32 Å². The maximum Gasteiger partial charge on any atom is 0.251 e. The fraction of sp³-hybridized carbons (Fsp3) is 0.350. The molecular formula is C20H24N2O4S. The van der Waals surface area contributed by atoms with Crippen LogP contribution in [0.4, 0.5) is 0 Å². The van der Waals surface area contributed by atoms with Gasteiger partial charge in [0.2, 0.25) is 10.0 Å². The van der Waals surface area contributed by atoms with Gasteiger partial charge in [0.25, 0.3) is 5.91 Å². The minimum Gasteiger partial charge on any atom is -0.379 e. The first-order chi connectivity index (χ1) is 12.9. The standard InChI is InChI=1S/C20H24N2O4S/c1-15-3-6-18(13-16(15)2)20(23)21-14-17-4-7-19(8-5-17)27(24,25)22-9-11-26-12-10-22/h3-8,13H,9-12,14H2,1-2H3,(H,21,23). The summed E-state index contributed by atoms with van der Waals surface area (Å²) in [5.74, 6) is -0.150. The predicted octanol–water partition coefficient (Wildman–Crippen LogP) is 2.25. The molecule has 0 unspecified atom stereocenters. The van der Waals surface area contributed by atoms with E-state index in [-0.39, 0.29) is 10.8 Å². The van der Waals surface area contributed by atoms with Crippen molar-refractivity contribution < 1.29 is 17.9 Å². The fourth-order valence-electron chi connectivity index (χ4n) is 2.88. The second kappa shape index (κ2) is 8.21. The Morgan fingerprint density at radius 1 is 1.04 bits per heavy atom. The highest BCUT2D eigenvalue weighted by molar-refractivity contribution is 7.89. The molecule has 0 radical (unpaired) electrons. The van der Waals surface area contributed by atoms with Gasteiger partial charge in [0.1, 0.15) is 0 Å². The van der Waals surface area contributed by atoms with E-state index in [9.17, 15) is 13.2 Å². The van der Waals surface area contributed by atoms with E-state index in [1.165, 1.54) is 4.31 Å². The third kappa shape index (κ3) is 4.55. The number of sulfonamides is 1. The van der Waals surface area contributed by atoms with Crippen molar-refractivity contribution in [3.05, 3.63) is 64.7 Å². The Kier molecular flexibility index (Phi) is 5.94. The second-order valence-electron chi connectivity index (χ2n) is 6.64. The molecule has 2 aromatic carbocycles. The summed E-state index contributed by atoms with van der Waals surface area (Å²) in [6, 6.07) is 12.2. The van der Waals surface area contributed by atoms with Gasteiger partial charge in [0, 0.05) is 25.2 Å². The largest absolute Gasteiger partial charge is 0.379 e. The number of amides is 1. The van der Waals surface area contributed by atoms with Gasteiger partial charge in [-0.15, -0.1) is 0 Å². The number of rotatable bonds is 5. The lowest BCUT2D eigenvalue weighted by Gasteiger charge is -2.26. The Balaban J connectivity index is 1.63. The number of nitrogens with zero attached hydrogens (tertiary/aromatic N) is 1. The topological polar surface area (TPSA) is 75.7 Å². The quantitative estimate of drug-likeness (QED) is 0.852. The van der Waals surface area contributed by atoms with E-state index >= 15 is 0 Å². The number of morpholine rings is 1. The summed E-state index contributed by atoms with van der Waals surface area (Å²) in [6.07, 6.45) is 0. The summed E-state index contributed by atoms with van der Waals surface area (Å²) < 4.78 is 31.9. The number of carbonyl (C=O) groups is 1. The number of nitrogens with one attached hydrogen (secondary N) is 1. The van der Waals surface area contributed by atoms with Crippen LogP contribution in [0.3, 0.4) is 0 Å². The van der Waals surface area contributed by atoms with Gasteiger partial charge < -0.3 is 10.1 Å². The highest BCUT2D eigenvalue weighted by Crippen LogP contribution is 2.18. The molecule has 0 aromatic heterocycles. The summed E-state index contributed by atoms with van der Waals surface area (Å²) in [5.41, 5.74) is 3.67. The highest BCUT2D eigenvalue weighted by atomic mass is 32.2. The molecule has 1 fully saturated rings. The number of hydrogen-bond acceptors (Lipinski definition) is 4. The van der Waals surface area contributed by atoms with Crippen molar-refractivity contribution >= 4 is 15.9 Å². The van der Waals surface area contributed by atoms with Gasteiger partial charge in [-0.25, -0.2) is 8.42 Å². The Labute approximate surface area is 160 Å². The lowest BCUT2D eigenvalue weighted by atomic mass is 10.1. The van der Waals surface area contributed by atoms with E-state index in [1.807, 2.05) is 26.0 Å². The Morgan fingerprint density at radius 3 is 2.33 bits per heavy atom. The summed E-state index contributed by atoms with van der Waals surface area (Å²) in [6.45, 7) is 5.89. The van der Waals surface area contributed by atoms with E-state index in [1.54, 1.807) is 30.3 Å². The Bertz CT molecular complexity index is 917. The third-order valence-electron chi connectivity index (χ3n) is 4.75. The van der Waals surface area contributed by atoms with Gasteiger partial charge in [0.05, 0.1) is 18.1 Å². The maximum absolute atomic E-state index is 12.6. The van der Waals surface area contributed by atoms with E-state index in [0.717, 1.165) is 16.7 Å². The van der Waals surface area contributed by atoms with Crippen LogP contribution in [-0.2, 0) is 21.3 Å². The average molecular weight is 388 g/mol. The molecular weight excluding hydrogens is 364 g/mol. The molecule has 0 spiro atoms. The molecule has 1 N–H and O–H groups in total. The summed E-state index contributed by atoms with van der Waals surface area (Å²) in [7, 11) is -3.50. The Morgan fingerprint density at radius 2 is 1.70 bits per heavy atom. The second-order valence-corrected chi connectivity index (χ2v) is 8.58. The predicted molar refractivity (Wildman–Crippen MR) is 103 cm³/mol. The van der Waals surface area contributed by atoms with Crippen molar-refractivity contribution in [2.45, 2.75) is 25.3 Å². The van der Waals surface area contributed by atoms with Gasteiger partial charge in [0.15, 0.2) is 0 Å². The van der Waals surface area contributed by atoms with Gasteiger partial charge in [-0.2, -0.15) is 4.31 Å². The first-order valence-electron chi connectivity index (χ1n) is 8.90. The van der Waals surface area contributed by atoms with Crippen LogP contribution in [0.1, 0.15) is 27.0 Å². The van der Waals surface area contributed by atoms with Crippen LogP contribution in [0.2, 0.25) is 0 Å². The molecule has 0 aliphatic carbocycles. The van der Waals surface area contributed by atoms with Crippen LogP contribution in [0.25, 0.3) is 0 Å². The number of hydrogen-bond donors (Lipinski definition) is 1. The number of ether oxygens (including phenoxy) is 1. The summed E-state index contributed by atoms with van der Waals surface area (Å²) in [5, 5.41) is 2.87. The van der Waals surface area contributed by atoms with Crippen LogP contribution in [0.15, 0.2) is 47.4 Å². The zero-order chi connectivity index (χ0) is 19.4. The minimum atomic E-state index is -3.50. The van der Waals surface area contributed by atoms with Crippen molar-refractivity contribution in [1.82, 2.24) is 9.62 Å². The molecule has 7 heteroatoms. The lowest BCUT2D eigenvalue weighted by Crippen LogP contribution is -2.40. The van der Waals surface area contributed by atoms with Crippen molar-refractivity contribution in [2.24, 2.45) is 0 Å². The maximum atomic E-state index is 12.6. The van der Waals surface area contributed by atoms with Gasteiger partial charge in [-0.1, -0.05) is 18.2 Å². The third-order valence-corrected chi connectivity index (χ3v) is 6.67. The molecule has 1 aliphatic rings. The van der Waals surface area contributed by atoms with E-state index in [2.05, 4.69) is 5.32 Å². The van der Waals surface area contributed by atoms with E-state index < -0.39 is 10.0 Å². The summed E-state index contributed by atoms with van der Waals surface area (Å²) in [4.78, 5) is 12.5. The molecule has 0 atom stereocenters. The molecule has 1 saturated heterocycles. The molecule has 1 heterocycles. The zero-order valence-corrected chi connectivity index (χ0v) is 16.4. The highest BCUT2D eigenvalue weighted by Gasteiger charge is 2.26. The molecule has 27 heavy (non-hydrogen) atoms. The van der Waals surface area contributed by atoms with Crippen LogP contribution in [0.5, 0.6) is 0 Å². The van der Waals surface area contributed by atoms with Crippen molar-refractivity contribution in [1.29, 1.82) is 0 Å². The monoisotopic (exact) mass is 388 g/mol. The van der Waals surface area contributed by atoms with Gasteiger partial charge in [-0.3, -0.25) is 4.79 Å². The van der Waals surface area contributed by atoms with Crippen molar-refractivity contribution in [3.8, 4) is 0 Å². The molecule has 1 amide bonds. The first kappa shape index (κ1) is 19.5. The SMILES string of the molecule is Cc1ccc(C(=O)NCc2ccc(S(=O)(=O)N3CCOCC3)cc2)cc1C. The molecule has 0 bridgehead atoms. The van der Waals surface area contributed by atoms with E-state index in [0.29, 0.717) is 38.4 Å². The van der Waals surface area contributed by atoms with Crippen LogP contribution in [-0.4, -0.2) is 44.9 Å². The number of carbonyl (C=O) groups excluding carboxylic acids is 1. The van der Waals surface area contributed by atoms with Gasteiger partial charge >= 0.3 is 0 Å². The van der Waals surface area contributed by atoms with Gasteiger partial charge in [-0.05, 0) is 54.8 Å². The molecule has 144 valence electrons. The van der Waals surface area contributed by atoms with Crippen LogP contribution in [0, 0.1) is 13.8 Å². The average Bonchev–Trinajstić information content (AvgIpc) is 2.69. The van der Waals surface area contributed by atoms with Crippen LogP contribution >= 0.6 is 0 Å². The lowest BCUT2D eigenvalue weighted by molar-refractivity contribution is 0.0730. The molecule has 1 aliphatic heterocycles. The summed E-state index contributed by atoms with van der Waals surface area (Å²) >= 11 is 0. The smallest absolute Gasteiger partial charge is 0.251 e. The van der Waals surface area contributed by atoms with Crippen molar-refractivity contribution in [3.63, 3.8) is 0 Å². The molecule has 6 nitrogen and oxygen atoms in total. The fourth-order valence-corrected chi connectivity index (χ4v) is 4.29. The first-order valence-corrected chi connectivity index (χ1v) is 10.3. The zero-order valence-electron chi connectivity index (χ0n) is 15.6. The number of aryl methyl sites for hydroxylation is 2. The number of benzene rings is 2. The molecule has 2 aromatic rings. The normalized spacial score (nSPS) is 15.5. The van der Waals surface area contributed by atoms with E-state index in [4.69, 9.17) is 4.74 Å². The Hall–Kier alpha value is -2.22. The minimum absolute atomic E-state index is 0.150. The molecule has 3 rings (SSSR count). The molecule has 0 saturated carbocycles.